The van der Waals surface area contributed by atoms with E-state index in [0.717, 1.165) is 25.7 Å². The smallest absolute Gasteiger partial charge is 0.136 e. The lowest BCUT2D eigenvalue weighted by Crippen LogP contribution is -2.55. The van der Waals surface area contributed by atoms with E-state index in [1.54, 1.807) is 11.1 Å². The van der Waals surface area contributed by atoms with E-state index in [9.17, 15) is 4.79 Å². The van der Waals surface area contributed by atoms with Gasteiger partial charge in [-0.05, 0) is 324 Å². The third kappa shape index (κ3) is 8.97. The molecule has 6 saturated carbocycles. The Bertz CT molecular complexity index is 4290. The van der Waals surface area contributed by atoms with Crippen molar-refractivity contribution in [2.75, 3.05) is 28.2 Å². The van der Waals surface area contributed by atoms with Crippen LogP contribution in [0.1, 0.15) is 209 Å². The maximum Gasteiger partial charge on any atom is 0.136 e. The normalized spacial score (nSPS) is 41.2. The van der Waals surface area contributed by atoms with Crippen molar-refractivity contribution in [3.8, 4) is 0 Å². The molecule has 3 aromatic heterocycles. The number of aromatic nitrogens is 3. The van der Waals surface area contributed by atoms with Crippen LogP contribution in [0, 0.1) is 34.0 Å². The number of allylic oxidation sites excluding steroid dienone is 3. The van der Waals surface area contributed by atoms with E-state index in [1.807, 2.05) is 37.2 Å². The maximum absolute atomic E-state index is 12.4. The summed E-state index contributed by atoms with van der Waals surface area (Å²) >= 11 is 0. The highest BCUT2D eigenvalue weighted by Gasteiger charge is 2.70. The van der Waals surface area contributed by atoms with E-state index < -0.39 is 0 Å². The van der Waals surface area contributed by atoms with Crippen LogP contribution in [0.15, 0.2) is 180 Å². The summed E-state index contributed by atoms with van der Waals surface area (Å²) in [5.74, 6) is 3.83. The van der Waals surface area contributed by atoms with Crippen molar-refractivity contribution in [2.24, 2.45) is 34.0 Å². The molecule has 3 unspecified atom stereocenters. The number of rotatable bonds is 5. The maximum atomic E-state index is 12.4. The Kier molecular flexibility index (Phi) is 14.0. The Morgan fingerprint density at radius 2 is 0.763 bits per heavy atom. The van der Waals surface area contributed by atoms with Crippen molar-refractivity contribution in [1.29, 1.82) is 0 Å². The van der Waals surface area contributed by atoms with Gasteiger partial charge in [0.1, 0.15) is 5.78 Å². The summed E-state index contributed by atoms with van der Waals surface area (Å²) in [7, 11) is 8.97. The minimum atomic E-state index is -0.294. The van der Waals surface area contributed by atoms with E-state index in [0.29, 0.717) is 66.2 Å². The molecule has 9 nitrogen and oxygen atoms in total. The molecule has 3 aromatic carbocycles. The quantitative estimate of drug-likeness (QED) is 0.167. The number of fused-ring (bicyclic) bond motifs is 6. The van der Waals surface area contributed by atoms with Gasteiger partial charge in [-0.3, -0.25) is 19.7 Å². The van der Waals surface area contributed by atoms with Crippen molar-refractivity contribution in [3.05, 3.63) is 197 Å². The molecule has 9 heterocycles. The zero-order valence-corrected chi connectivity index (χ0v) is 58.8. The molecule has 21 rings (SSSR count). The number of hydrogen-bond donors (Lipinski definition) is 0. The standard InChI is InChI=1S/2C30H36N2O.C28H29NO2/c2*1-28-12-10-24-17-23-6-7-25(32(2)3)18-29(23)13-14-30(24,33-29)27(28)9-8-26(28)21-5-4-20-11-15-31-19-22(20)16-21;1-26-10-8-22-15-21-4-5-23(30)16-27(21)11-12-28(22,31-27)25(26)7-6-24(26)19-3-2-18-9-13-29-17-20(18)14-19/h2*4-5,10-11,15-17,19,25-27H,6-9,12-14,18H2,1-3H3;2-3,8-9,13-15,17,24-25H,4-7,10-12,16H2,1H3/t25-,26+,27+,28+,29+,30?;25-,26-,27-,28-,29-,30?;24-,25-,26-,27-,28?/m011/s1. The summed E-state index contributed by atoms with van der Waals surface area (Å²) in [6, 6.07) is 28.8. The van der Waals surface area contributed by atoms with Gasteiger partial charge < -0.3 is 24.0 Å². The molecule has 0 N–H and O–H groups in total. The van der Waals surface area contributed by atoms with E-state index in [-0.39, 0.29) is 49.9 Å². The Balaban J connectivity index is 0.000000102. The van der Waals surface area contributed by atoms with Crippen LogP contribution in [0.3, 0.4) is 0 Å². The average molecular weight is 1290 g/mol. The molecule has 3 saturated heterocycles. The van der Waals surface area contributed by atoms with Crippen LogP contribution in [0.4, 0.5) is 0 Å². The van der Waals surface area contributed by atoms with E-state index in [1.165, 1.54) is 187 Å². The van der Waals surface area contributed by atoms with Gasteiger partial charge in [-0.25, -0.2) is 0 Å². The van der Waals surface area contributed by atoms with Crippen LogP contribution in [-0.4, -0.2) is 104 Å². The molecule has 6 spiro atoms. The average Bonchev–Trinajstić information content (AvgIpc) is 1.55. The SMILES string of the molecule is CN(C)[C@@H]1CCC2=CC3=CC[C@]4(C)[C@@H](c5ccc6ccncc6c5)CC[C@H]4C34CC[C@]2(C1)O4.CN(C)[C@H]1CCC2=CC3=CC[C@]4(C)[C@@H](c5ccc6ccncc6c5)CC[C@H]4C34CC[C@]2(C1)O4.C[C@]12CC=C3C=C4CCC(=O)C[C@]45CCC3(O5)[C@@H]1CC[C@@H]2c1ccc2ccncc2c1. The lowest BCUT2D eigenvalue weighted by molar-refractivity contribution is -0.146. The summed E-state index contributed by atoms with van der Waals surface area (Å²) in [4.78, 5) is 30.3. The third-order valence-electron chi connectivity index (χ3n) is 30.5. The highest BCUT2D eigenvalue weighted by Crippen LogP contribution is 2.73. The number of ketones is 1. The number of hydrogen-bond acceptors (Lipinski definition) is 9. The van der Waals surface area contributed by atoms with Gasteiger partial charge in [-0.1, -0.05) is 93.6 Å². The Morgan fingerprint density at radius 3 is 1.14 bits per heavy atom. The minimum absolute atomic E-state index is 0.00448. The molecule has 502 valence electrons. The van der Waals surface area contributed by atoms with Gasteiger partial charge in [0.25, 0.3) is 0 Å². The van der Waals surface area contributed by atoms with E-state index >= 15 is 0 Å². The lowest BCUT2D eigenvalue weighted by atomic mass is 9.58. The van der Waals surface area contributed by atoms with Crippen LogP contribution in [0.5, 0.6) is 0 Å². The summed E-state index contributed by atoms with van der Waals surface area (Å²) in [5, 5.41) is 7.61. The van der Waals surface area contributed by atoms with E-state index in [2.05, 4.69) is 183 Å². The molecule has 97 heavy (non-hydrogen) atoms. The second-order valence-corrected chi connectivity index (χ2v) is 35.0. The zero-order valence-electron chi connectivity index (χ0n) is 58.8. The molecule has 9 fully saturated rings. The monoisotopic (exact) mass is 1290 g/mol. The van der Waals surface area contributed by atoms with Crippen LogP contribution < -0.4 is 0 Å². The molecule has 9 aliphatic carbocycles. The van der Waals surface area contributed by atoms with Gasteiger partial charge >= 0.3 is 0 Å². The Labute approximate surface area is 575 Å². The summed E-state index contributed by atoms with van der Waals surface area (Å²) in [5.41, 5.74) is 13.6. The Hall–Kier alpha value is -6.20. The first-order valence-corrected chi connectivity index (χ1v) is 38.1. The lowest BCUT2D eigenvalue weighted by Gasteiger charge is -2.54. The van der Waals surface area contributed by atoms with Crippen LogP contribution >= 0.6 is 0 Å². The topological polar surface area (TPSA) is 89.9 Å². The predicted octanol–water partition coefficient (Wildman–Crippen LogP) is 18.9. The molecular weight excluding hydrogens is 1190 g/mol. The Morgan fingerprint density at radius 1 is 0.402 bits per heavy atom. The number of carbonyl (C=O) groups is 1. The molecular formula is C88H101N5O4. The second-order valence-electron chi connectivity index (χ2n) is 35.0. The minimum Gasteiger partial charge on any atom is -0.359 e. The molecule has 0 radical (unpaired) electrons. The van der Waals surface area contributed by atoms with Crippen LogP contribution in [0.2, 0.25) is 0 Å². The number of Topliss-reactive ketones (excluding diaryl/α,β-unsaturated/α-hetero) is 1. The van der Waals surface area contributed by atoms with Gasteiger partial charge in [-0.2, -0.15) is 0 Å². The largest absolute Gasteiger partial charge is 0.359 e. The number of ether oxygens (including phenoxy) is 3. The third-order valence-corrected chi connectivity index (χ3v) is 30.5. The first kappa shape index (κ1) is 61.9. The van der Waals surface area contributed by atoms with Crippen LogP contribution in [-0.2, 0) is 19.0 Å². The molecule has 6 aromatic rings. The van der Waals surface area contributed by atoms with Gasteiger partial charge in [0.15, 0.2) is 0 Å². The van der Waals surface area contributed by atoms with Crippen molar-refractivity contribution >= 4 is 38.1 Å². The van der Waals surface area contributed by atoms with Gasteiger partial charge in [0, 0.05) is 78.3 Å². The summed E-state index contributed by atoms with van der Waals surface area (Å²) in [6.45, 7) is 7.65. The van der Waals surface area contributed by atoms with Crippen molar-refractivity contribution in [3.63, 3.8) is 0 Å². The predicted molar refractivity (Wildman–Crippen MR) is 387 cm³/mol. The number of carbonyl (C=O) groups excluding carboxylic acids is 1. The summed E-state index contributed by atoms with van der Waals surface area (Å²) in [6.07, 6.45) is 54.3. The van der Waals surface area contributed by atoms with Gasteiger partial charge in [0.05, 0.1) is 33.6 Å². The molecule has 6 aliphatic heterocycles. The van der Waals surface area contributed by atoms with Crippen molar-refractivity contribution < 1.29 is 19.0 Å². The zero-order chi connectivity index (χ0) is 65.7. The molecule has 6 bridgehead atoms. The second kappa shape index (κ2) is 21.9. The molecule has 0 amide bonds. The number of benzene rings is 3. The first-order valence-electron chi connectivity index (χ1n) is 38.1. The fraction of sp³-hybridized carbons (Fsp3) is 0.545. The molecule has 17 atom stereocenters. The van der Waals surface area contributed by atoms with Crippen molar-refractivity contribution in [1.82, 2.24) is 24.8 Å². The fourth-order valence-corrected chi connectivity index (χ4v) is 25.5. The number of pyridine rings is 3. The van der Waals surface area contributed by atoms with Crippen LogP contribution in [0.25, 0.3) is 32.3 Å². The van der Waals surface area contributed by atoms with E-state index in [4.69, 9.17) is 14.2 Å². The van der Waals surface area contributed by atoms with Gasteiger partial charge in [0.2, 0.25) is 0 Å². The van der Waals surface area contributed by atoms with Gasteiger partial charge in [-0.15, -0.1) is 0 Å². The molecule has 9 heteroatoms. The fourth-order valence-electron chi connectivity index (χ4n) is 25.5. The highest BCUT2D eigenvalue weighted by atomic mass is 16.5. The highest BCUT2D eigenvalue weighted by molar-refractivity contribution is 5.85. The number of nitrogens with zero attached hydrogens (tertiary/aromatic N) is 5. The first-order chi connectivity index (χ1) is 46.9. The van der Waals surface area contributed by atoms with Crippen molar-refractivity contribution in [2.45, 2.75) is 238 Å². The molecule has 15 aliphatic rings. The summed E-state index contributed by atoms with van der Waals surface area (Å²) < 4.78 is 22.0.